The fourth-order valence-electron chi connectivity index (χ4n) is 2.31. The van der Waals surface area contributed by atoms with Crippen LogP contribution in [0, 0.1) is 24.0 Å². The molecule has 10 heteroatoms. The number of hydrogen-bond acceptors (Lipinski definition) is 6. The summed E-state index contributed by atoms with van der Waals surface area (Å²) < 4.78 is 7.22. The second-order valence-electron chi connectivity index (χ2n) is 5.66. The Bertz CT molecular complexity index is 961. The highest BCUT2D eigenvalue weighted by atomic mass is 16.6. The Kier molecular flexibility index (Phi) is 4.65. The Morgan fingerprint density at radius 3 is 2.88 bits per heavy atom. The van der Waals surface area contributed by atoms with Gasteiger partial charge in [-0.05, 0) is 30.4 Å². The van der Waals surface area contributed by atoms with Crippen molar-refractivity contribution < 1.29 is 14.5 Å². The van der Waals surface area contributed by atoms with Gasteiger partial charge in [0.2, 0.25) is 0 Å². The topological polar surface area (TPSA) is 128 Å². The molecule has 0 bridgehead atoms. The molecule has 3 rings (SSSR count). The van der Waals surface area contributed by atoms with Gasteiger partial charge in [0.25, 0.3) is 5.91 Å². The Labute approximate surface area is 147 Å². The second-order valence-corrected chi connectivity index (χ2v) is 5.66. The van der Waals surface area contributed by atoms with E-state index in [0.29, 0.717) is 5.69 Å². The Morgan fingerprint density at radius 2 is 2.19 bits per heavy atom. The summed E-state index contributed by atoms with van der Waals surface area (Å²) in [6.45, 7) is 4.14. The second kappa shape index (κ2) is 7.05. The van der Waals surface area contributed by atoms with Gasteiger partial charge in [-0.1, -0.05) is 22.8 Å². The van der Waals surface area contributed by atoms with Gasteiger partial charge in [0.1, 0.15) is 5.75 Å². The minimum Gasteiger partial charge on any atom is -0.471 e. The van der Waals surface area contributed by atoms with Gasteiger partial charge < -0.3 is 20.2 Å². The first-order valence-electron chi connectivity index (χ1n) is 7.66. The van der Waals surface area contributed by atoms with Crippen molar-refractivity contribution in [2.75, 3.05) is 5.32 Å². The fraction of sp³-hybridized carbons (Fsp3) is 0.188. The van der Waals surface area contributed by atoms with Crippen molar-refractivity contribution in [2.24, 2.45) is 0 Å². The maximum Gasteiger partial charge on any atom is 0.343 e. The van der Waals surface area contributed by atoms with Gasteiger partial charge in [-0.15, -0.1) is 5.10 Å². The number of nitrogens with one attached hydrogen (secondary N) is 2. The largest absolute Gasteiger partial charge is 0.471 e. The fourth-order valence-corrected chi connectivity index (χ4v) is 2.31. The van der Waals surface area contributed by atoms with E-state index >= 15 is 0 Å². The van der Waals surface area contributed by atoms with Crippen molar-refractivity contribution in [3.63, 3.8) is 0 Å². The molecule has 2 heterocycles. The molecule has 0 aliphatic rings. The van der Waals surface area contributed by atoms with Gasteiger partial charge in [-0.2, -0.15) is 5.10 Å². The molecule has 0 saturated heterocycles. The van der Waals surface area contributed by atoms with Crippen LogP contribution in [0.4, 0.5) is 11.5 Å². The zero-order chi connectivity index (χ0) is 18.7. The number of benzene rings is 1. The Balaban J connectivity index is 1.60. The van der Waals surface area contributed by atoms with Gasteiger partial charge in [0, 0.05) is 0 Å². The average molecular weight is 356 g/mol. The van der Waals surface area contributed by atoms with Crippen LogP contribution in [0.5, 0.6) is 5.75 Å². The third-order valence-electron chi connectivity index (χ3n) is 3.57. The highest BCUT2D eigenvalue weighted by Crippen LogP contribution is 2.19. The van der Waals surface area contributed by atoms with Crippen LogP contribution in [-0.4, -0.2) is 30.8 Å². The molecule has 2 aromatic heterocycles. The van der Waals surface area contributed by atoms with Crippen LogP contribution in [-0.2, 0) is 6.73 Å². The number of aromatic nitrogens is 4. The molecule has 1 amide bonds. The molecule has 0 fully saturated rings. The number of hydrogen-bond donors (Lipinski definition) is 2. The molecule has 0 spiro atoms. The molecule has 0 saturated carbocycles. The van der Waals surface area contributed by atoms with Crippen LogP contribution in [0.3, 0.4) is 0 Å². The van der Waals surface area contributed by atoms with E-state index < -0.39 is 10.8 Å². The number of nitrogens with zero attached hydrogens (tertiary/aromatic N) is 4. The smallest absolute Gasteiger partial charge is 0.343 e. The summed E-state index contributed by atoms with van der Waals surface area (Å²) in [6, 6.07) is 6.93. The lowest BCUT2D eigenvalue weighted by atomic mass is 10.1. The monoisotopic (exact) mass is 356 g/mol. The SMILES string of the molecule is Cc1ccc(OCn2cc(NC(=O)c3cc([N+](=O)[O-])[nH]n3)cn2)c(C)c1. The summed E-state index contributed by atoms with van der Waals surface area (Å²) >= 11 is 0. The molecular weight excluding hydrogens is 340 g/mol. The van der Waals surface area contributed by atoms with Crippen molar-refractivity contribution in [3.8, 4) is 5.75 Å². The summed E-state index contributed by atoms with van der Waals surface area (Å²) in [5.74, 6) is -0.183. The summed E-state index contributed by atoms with van der Waals surface area (Å²) in [4.78, 5) is 22.0. The summed E-state index contributed by atoms with van der Waals surface area (Å²) in [5.41, 5.74) is 2.50. The third-order valence-corrected chi connectivity index (χ3v) is 3.57. The number of anilines is 1. The number of carbonyl (C=O) groups is 1. The van der Waals surface area contributed by atoms with E-state index in [2.05, 4.69) is 20.6 Å². The number of aryl methyl sites for hydroxylation is 2. The molecule has 0 radical (unpaired) electrons. The van der Waals surface area contributed by atoms with Crippen LogP contribution in [0.1, 0.15) is 21.6 Å². The van der Waals surface area contributed by atoms with E-state index in [-0.39, 0.29) is 18.2 Å². The molecule has 134 valence electrons. The number of rotatable bonds is 6. The first kappa shape index (κ1) is 17.1. The quantitative estimate of drug-likeness (QED) is 0.515. The first-order chi connectivity index (χ1) is 12.4. The summed E-state index contributed by atoms with van der Waals surface area (Å²) in [5, 5.41) is 23.0. The molecule has 3 aromatic rings. The van der Waals surface area contributed by atoms with Crippen molar-refractivity contribution in [2.45, 2.75) is 20.6 Å². The molecule has 10 nitrogen and oxygen atoms in total. The van der Waals surface area contributed by atoms with Crippen molar-refractivity contribution in [1.82, 2.24) is 20.0 Å². The van der Waals surface area contributed by atoms with E-state index in [1.165, 1.54) is 10.9 Å². The van der Waals surface area contributed by atoms with Crippen LogP contribution >= 0.6 is 0 Å². The van der Waals surface area contributed by atoms with E-state index in [0.717, 1.165) is 22.9 Å². The van der Waals surface area contributed by atoms with Crippen LogP contribution < -0.4 is 10.1 Å². The predicted molar refractivity (Wildman–Crippen MR) is 92.0 cm³/mol. The van der Waals surface area contributed by atoms with Crippen LogP contribution in [0.15, 0.2) is 36.7 Å². The van der Waals surface area contributed by atoms with Gasteiger partial charge in [0.05, 0.1) is 24.1 Å². The minimum absolute atomic E-state index is 0.0871. The summed E-state index contributed by atoms with van der Waals surface area (Å²) in [7, 11) is 0. The minimum atomic E-state index is -0.661. The average Bonchev–Trinajstić information content (AvgIpc) is 3.23. The van der Waals surface area contributed by atoms with Crippen LogP contribution in [0.25, 0.3) is 0 Å². The number of amides is 1. The number of aromatic amines is 1. The molecule has 1 aromatic carbocycles. The van der Waals surface area contributed by atoms with E-state index in [9.17, 15) is 14.9 Å². The number of nitro groups is 1. The lowest BCUT2D eigenvalue weighted by Crippen LogP contribution is -2.12. The van der Waals surface area contributed by atoms with E-state index in [1.54, 1.807) is 6.20 Å². The zero-order valence-corrected chi connectivity index (χ0v) is 14.1. The highest BCUT2D eigenvalue weighted by molar-refractivity contribution is 6.02. The summed E-state index contributed by atoms with van der Waals surface area (Å²) in [6.07, 6.45) is 3.03. The maximum atomic E-state index is 12.0. The molecule has 0 aliphatic heterocycles. The van der Waals surface area contributed by atoms with Crippen molar-refractivity contribution in [3.05, 3.63) is 63.6 Å². The normalized spacial score (nSPS) is 10.5. The third kappa shape index (κ3) is 3.86. The lowest BCUT2D eigenvalue weighted by molar-refractivity contribution is -0.389. The number of ether oxygens (including phenoxy) is 1. The zero-order valence-electron chi connectivity index (χ0n) is 14.1. The van der Waals surface area contributed by atoms with E-state index in [1.807, 2.05) is 32.0 Å². The number of H-pyrrole nitrogens is 1. The van der Waals surface area contributed by atoms with E-state index in [4.69, 9.17) is 4.74 Å². The molecule has 26 heavy (non-hydrogen) atoms. The maximum absolute atomic E-state index is 12.0. The van der Waals surface area contributed by atoms with Gasteiger partial charge in [-0.3, -0.25) is 4.79 Å². The molecular formula is C16H16N6O4. The molecule has 0 unspecified atom stereocenters. The molecule has 2 N–H and O–H groups in total. The van der Waals surface area contributed by atoms with Crippen molar-refractivity contribution >= 4 is 17.4 Å². The number of carbonyl (C=O) groups excluding carboxylic acids is 1. The lowest BCUT2D eigenvalue weighted by Gasteiger charge is -2.09. The molecule has 0 atom stereocenters. The highest BCUT2D eigenvalue weighted by Gasteiger charge is 2.17. The van der Waals surface area contributed by atoms with Crippen LogP contribution in [0.2, 0.25) is 0 Å². The van der Waals surface area contributed by atoms with Crippen molar-refractivity contribution in [1.29, 1.82) is 0 Å². The standard InChI is InChI=1S/C16H16N6O4/c1-10-3-4-14(11(2)5-10)26-9-21-8-12(7-17-21)18-16(23)13-6-15(20-19-13)22(24)25/h3-8H,9H2,1-2H3,(H,18,23)(H,19,20). The predicted octanol–water partition coefficient (Wildman–Crippen LogP) is 2.42. The Morgan fingerprint density at radius 1 is 1.38 bits per heavy atom. The molecule has 0 aliphatic carbocycles. The van der Waals surface area contributed by atoms with Gasteiger partial charge in [-0.25, -0.2) is 4.68 Å². The first-order valence-corrected chi connectivity index (χ1v) is 7.66. The van der Waals surface area contributed by atoms with Gasteiger partial charge >= 0.3 is 5.82 Å². The Hall–Kier alpha value is -3.69. The van der Waals surface area contributed by atoms with Gasteiger partial charge in [0.15, 0.2) is 12.4 Å².